The van der Waals surface area contributed by atoms with Crippen molar-refractivity contribution in [2.75, 3.05) is 0 Å². The van der Waals surface area contributed by atoms with Gasteiger partial charge in [0.15, 0.2) is 5.75 Å². The van der Waals surface area contributed by atoms with Crippen LogP contribution in [0.5, 0.6) is 5.75 Å². The number of benzene rings is 2. The Morgan fingerprint density at radius 1 is 0.913 bits per heavy atom. The zero-order valence-electron chi connectivity index (χ0n) is 12.6. The van der Waals surface area contributed by atoms with Gasteiger partial charge < -0.3 is 8.60 Å². The monoisotopic (exact) mass is 330 g/mol. The van der Waals surface area contributed by atoms with E-state index in [1.807, 2.05) is 13.8 Å². The van der Waals surface area contributed by atoms with Crippen molar-refractivity contribution in [1.82, 2.24) is 0 Å². The number of rotatable bonds is 3. The third-order valence-electron chi connectivity index (χ3n) is 3.37. The van der Waals surface area contributed by atoms with Crippen LogP contribution in [-0.2, 0) is 10.1 Å². The SMILES string of the molecule is Cc1ccc(S(=O)(=O)Oc2cc(=O)oc3ccc(C)cc23)cc1. The molecule has 23 heavy (non-hydrogen) atoms. The Balaban J connectivity index is 2.12. The maximum Gasteiger partial charge on any atom is 0.340 e. The number of fused-ring (bicyclic) bond motifs is 1. The molecule has 5 nitrogen and oxygen atoms in total. The zero-order valence-corrected chi connectivity index (χ0v) is 13.4. The van der Waals surface area contributed by atoms with Crippen LogP contribution in [0.1, 0.15) is 11.1 Å². The van der Waals surface area contributed by atoms with Crippen molar-refractivity contribution in [1.29, 1.82) is 0 Å². The molecule has 3 aromatic rings. The molecule has 0 amide bonds. The minimum absolute atomic E-state index is 0.0251. The summed E-state index contributed by atoms with van der Waals surface area (Å²) < 4.78 is 35.0. The fraction of sp³-hybridized carbons (Fsp3) is 0.118. The Morgan fingerprint density at radius 2 is 1.57 bits per heavy atom. The van der Waals surface area contributed by atoms with Crippen LogP contribution in [0.2, 0.25) is 0 Å². The van der Waals surface area contributed by atoms with Crippen LogP contribution in [0.3, 0.4) is 0 Å². The molecule has 2 aromatic carbocycles. The van der Waals surface area contributed by atoms with Crippen molar-refractivity contribution in [3.63, 3.8) is 0 Å². The normalized spacial score (nSPS) is 11.6. The summed E-state index contributed by atoms with van der Waals surface area (Å²) in [5, 5.41) is 0.431. The first-order valence-corrected chi connectivity index (χ1v) is 8.32. The Labute approximate surface area is 133 Å². The summed E-state index contributed by atoms with van der Waals surface area (Å²) >= 11 is 0. The molecule has 0 unspecified atom stereocenters. The number of hydrogen-bond donors (Lipinski definition) is 0. The van der Waals surface area contributed by atoms with E-state index >= 15 is 0 Å². The zero-order chi connectivity index (χ0) is 16.6. The maximum absolute atomic E-state index is 12.4. The van der Waals surface area contributed by atoms with Gasteiger partial charge in [0.1, 0.15) is 10.5 Å². The third kappa shape index (κ3) is 3.12. The van der Waals surface area contributed by atoms with Gasteiger partial charge in [-0.3, -0.25) is 0 Å². The van der Waals surface area contributed by atoms with Crippen LogP contribution in [0.25, 0.3) is 11.0 Å². The summed E-state index contributed by atoms with van der Waals surface area (Å²) in [4.78, 5) is 11.6. The second-order valence-corrected chi connectivity index (χ2v) is 6.83. The first-order chi connectivity index (χ1) is 10.8. The molecule has 0 fully saturated rings. The van der Waals surface area contributed by atoms with Gasteiger partial charge in [-0.15, -0.1) is 0 Å². The lowest BCUT2D eigenvalue weighted by molar-refractivity contribution is 0.482. The molecule has 0 bridgehead atoms. The van der Waals surface area contributed by atoms with Gasteiger partial charge in [-0.1, -0.05) is 29.3 Å². The largest absolute Gasteiger partial charge is 0.422 e. The molecule has 0 aliphatic rings. The molecule has 0 radical (unpaired) electrons. The van der Waals surface area contributed by atoms with Crippen molar-refractivity contribution < 1.29 is 17.0 Å². The first-order valence-electron chi connectivity index (χ1n) is 6.91. The molecular weight excluding hydrogens is 316 g/mol. The van der Waals surface area contributed by atoms with Crippen LogP contribution in [0, 0.1) is 13.8 Å². The Morgan fingerprint density at radius 3 is 2.26 bits per heavy atom. The summed E-state index contributed by atoms with van der Waals surface area (Å²) in [5.41, 5.74) is 1.43. The first kappa shape index (κ1) is 15.3. The van der Waals surface area contributed by atoms with Crippen LogP contribution >= 0.6 is 0 Å². The fourth-order valence-electron chi connectivity index (χ4n) is 2.19. The minimum Gasteiger partial charge on any atom is -0.422 e. The molecule has 0 atom stereocenters. The molecule has 3 rings (SSSR count). The second-order valence-electron chi connectivity index (χ2n) is 5.28. The lowest BCUT2D eigenvalue weighted by Gasteiger charge is -2.09. The van der Waals surface area contributed by atoms with E-state index in [9.17, 15) is 13.2 Å². The summed E-state index contributed by atoms with van der Waals surface area (Å²) in [5.74, 6) is -0.0412. The van der Waals surface area contributed by atoms with Crippen LogP contribution < -0.4 is 9.81 Å². The van der Waals surface area contributed by atoms with Gasteiger partial charge in [0.2, 0.25) is 0 Å². The van der Waals surface area contributed by atoms with Gasteiger partial charge in [0, 0.05) is 0 Å². The van der Waals surface area contributed by atoms with Crippen LogP contribution in [-0.4, -0.2) is 8.42 Å². The molecule has 0 aliphatic carbocycles. The number of aryl methyl sites for hydroxylation is 2. The molecule has 0 aliphatic heterocycles. The van der Waals surface area contributed by atoms with Gasteiger partial charge >= 0.3 is 15.7 Å². The van der Waals surface area contributed by atoms with E-state index in [2.05, 4.69) is 0 Å². The summed E-state index contributed by atoms with van der Waals surface area (Å²) in [6.07, 6.45) is 0. The Kier molecular flexibility index (Phi) is 3.69. The van der Waals surface area contributed by atoms with Crippen molar-refractivity contribution in [2.45, 2.75) is 18.7 Å². The molecule has 0 saturated heterocycles. The molecule has 1 aromatic heterocycles. The highest BCUT2D eigenvalue weighted by Gasteiger charge is 2.19. The lowest BCUT2D eigenvalue weighted by atomic mass is 10.1. The maximum atomic E-state index is 12.4. The van der Waals surface area contributed by atoms with Crippen molar-refractivity contribution >= 4 is 21.1 Å². The summed E-state index contributed by atoms with van der Waals surface area (Å²) in [6, 6.07) is 12.4. The van der Waals surface area contributed by atoms with Gasteiger partial charge in [-0.25, -0.2) is 4.79 Å². The van der Waals surface area contributed by atoms with E-state index in [1.165, 1.54) is 12.1 Å². The van der Waals surface area contributed by atoms with Gasteiger partial charge in [0.05, 0.1) is 11.5 Å². The second kappa shape index (κ2) is 5.55. The third-order valence-corrected chi connectivity index (χ3v) is 4.62. The van der Waals surface area contributed by atoms with Gasteiger partial charge in [-0.05, 0) is 38.1 Å². The molecule has 6 heteroatoms. The molecule has 0 N–H and O–H groups in total. The predicted molar refractivity (Wildman–Crippen MR) is 86.2 cm³/mol. The van der Waals surface area contributed by atoms with E-state index in [-0.39, 0.29) is 16.2 Å². The standard InChI is InChI=1S/C17H14O5S/c1-11-3-6-13(7-4-11)23(19,20)22-16-10-17(18)21-15-8-5-12(2)9-14(15)16/h3-10H,1-2H3. The topological polar surface area (TPSA) is 73.6 Å². The van der Waals surface area contributed by atoms with E-state index in [0.717, 1.165) is 17.2 Å². The molecule has 1 heterocycles. The van der Waals surface area contributed by atoms with E-state index < -0.39 is 15.7 Å². The highest BCUT2D eigenvalue weighted by Crippen LogP contribution is 2.27. The minimum atomic E-state index is -4.03. The van der Waals surface area contributed by atoms with E-state index in [0.29, 0.717) is 5.39 Å². The summed E-state index contributed by atoms with van der Waals surface area (Å²) in [7, 11) is -4.03. The van der Waals surface area contributed by atoms with E-state index in [4.69, 9.17) is 8.60 Å². The van der Waals surface area contributed by atoms with Crippen LogP contribution in [0.4, 0.5) is 0 Å². The highest BCUT2D eigenvalue weighted by atomic mass is 32.2. The van der Waals surface area contributed by atoms with Gasteiger partial charge in [0.25, 0.3) is 0 Å². The molecule has 0 saturated carbocycles. The fourth-order valence-corrected chi connectivity index (χ4v) is 3.13. The van der Waals surface area contributed by atoms with Crippen molar-refractivity contribution in [2.24, 2.45) is 0 Å². The average Bonchev–Trinajstić information content (AvgIpc) is 2.48. The molecular formula is C17H14O5S. The van der Waals surface area contributed by atoms with Crippen molar-refractivity contribution in [3.05, 3.63) is 70.1 Å². The lowest BCUT2D eigenvalue weighted by Crippen LogP contribution is -2.11. The Bertz CT molecular complexity index is 1030. The quantitative estimate of drug-likeness (QED) is 0.545. The highest BCUT2D eigenvalue weighted by molar-refractivity contribution is 7.87. The summed E-state index contributed by atoms with van der Waals surface area (Å²) in [6.45, 7) is 3.71. The Hall–Kier alpha value is -2.60. The van der Waals surface area contributed by atoms with Gasteiger partial charge in [-0.2, -0.15) is 8.42 Å². The van der Waals surface area contributed by atoms with Crippen molar-refractivity contribution in [3.8, 4) is 5.75 Å². The predicted octanol–water partition coefficient (Wildman–Crippen LogP) is 3.18. The molecule has 0 spiro atoms. The number of hydrogen-bond acceptors (Lipinski definition) is 5. The smallest absolute Gasteiger partial charge is 0.340 e. The molecule has 118 valence electrons. The van der Waals surface area contributed by atoms with Crippen LogP contribution in [0.15, 0.2) is 62.6 Å². The van der Waals surface area contributed by atoms with E-state index in [1.54, 1.807) is 30.3 Å². The average molecular weight is 330 g/mol.